The van der Waals surface area contributed by atoms with Gasteiger partial charge in [-0.3, -0.25) is 4.79 Å². The van der Waals surface area contributed by atoms with Crippen LogP contribution in [0.25, 0.3) is 0 Å². The van der Waals surface area contributed by atoms with Crippen molar-refractivity contribution in [2.75, 3.05) is 6.61 Å². The van der Waals surface area contributed by atoms with Crippen LogP contribution in [-0.4, -0.2) is 27.5 Å². The van der Waals surface area contributed by atoms with Crippen LogP contribution in [0.1, 0.15) is 43.4 Å². The molecule has 2 aliphatic rings. The van der Waals surface area contributed by atoms with E-state index in [2.05, 4.69) is 5.10 Å². The van der Waals surface area contributed by atoms with Gasteiger partial charge in [0.05, 0.1) is 12.1 Å². The maximum absolute atomic E-state index is 10.8. The second kappa shape index (κ2) is 4.14. The van der Waals surface area contributed by atoms with Gasteiger partial charge in [0.15, 0.2) is 0 Å². The van der Waals surface area contributed by atoms with Crippen LogP contribution in [0.5, 0.6) is 0 Å². The van der Waals surface area contributed by atoms with E-state index < -0.39 is 5.97 Å². The van der Waals surface area contributed by atoms with Crippen molar-refractivity contribution < 1.29 is 14.6 Å². The molecular formula is C12H16N2O3. The van der Waals surface area contributed by atoms with E-state index in [0.29, 0.717) is 0 Å². The van der Waals surface area contributed by atoms with Crippen LogP contribution in [-0.2, 0) is 9.53 Å². The lowest BCUT2D eigenvalue weighted by atomic mass is 10.2. The summed E-state index contributed by atoms with van der Waals surface area (Å²) in [4.78, 5) is 10.8. The normalized spacial score (nSPS) is 32.4. The average molecular weight is 236 g/mol. The minimum absolute atomic E-state index is 0.0412. The number of aromatic nitrogens is 2. The molecule has 1 N–H and O–H groups in total. The first-order valence-electron chi connectivity index (χ1n) is 6.14. The first kappa shape index (κ1) is 10.8. The molecule has 1 aliphatic heterocycles. The second-order valence-corrected chi connectivity index (χ2v) is 4.86. The van der Waals surface area contributed by atoms with Gasteiger partial charge in [0, 0.05) is 18.7 Å². The third-order valence-electron chi connectivity index (χ3n) is 3.61. The number of rotatable bonds is 3. The predicted molar refractivity (Wildman–Crippen MR) is 59.6 cm³/mol. The molecular weight excluding hydrogens is 220 g/mol. The summed E-state index contributed by atoms with van der Waals surface area (Å²) in [6, 6.07) is 0. The van der Waals surface area contributed by atoms with Crippen molar-refractivity contribution in [3.63, 3.8) is 0 Å². The summed E-state index contributed by atoms with van der Waals surface area (Å²) in [6.45, 7) is 0.793. The Kier molecular flexibility index (Phi) is 2.63. The summed E-state index contributed by atoms with van der Waals surface area (Å²) >= 11 is 0. The third kappa shape index (κ3) is 2.07. The van der Waals surface area contributed by atoms with Gasteiger partial charge in [0.2, 0.25) is 0 Å². The highest BCUT2D eigenvalue weighted by molar-refractivity contribution is 5.75. The van der Waals surface area contributed by atoms with Crippen LogP contribution in [0.3, 0.4) is 0 Å². The highest BCUT2D eigenvalue weighted by Crippen LogP contribution is 2.47. The molecule has 3 rings (SSSR count). The van der Waals surface area contributed by atoms with Gasteiger partial charge >= 0.3 is 5.97 Å². The van der Waals surface area contributed by atoms with Crippen molar-refractivity contribution in [3.05, 3.63) is 18.0 Å². The average Bonchev–Trinajstić information content (AvgIpc) is 3.01. The molecule has 5 heteroatoms. The molecule has 1 aromatic heterocycles. The van der Waals surface area contributed by atoms with Crippen molar-refractivity contribution in [2.45, 2.75) is 37.8 Å². The molecule has 17 heavy (non-hydrogen) atoms. The zero-order chi connectivity index (χ0) is 11.8. The molecule has 92 valence electrons. The van der Waals surface area contributed by atoms with Crippen LogP contribution < -0.4 is 0 Å². The number of aliphatic carboxylic acids is 1. The number of carboxylic acid groups (broad SMARTS) is 1. The smallest absolute Gasteiger partial charge is 0.307 e. The van der Waals surface area contributed by atoms with Gasteiger partial charge in [-0.05, 0) is 31.2 Å². The highest BCUT2D eigenvalue weighted by Gasteiger charge is 2.44. The lowest BCUT2D eigenvalue weighted by Crippen LogP contribution is -2.18. The number of ether oxygens (including phenoxy) is 1. The van der Waals surface area contributed by atoms with Gasteiger partial charge in [0.1, 0.15) is 6.23 Å². The van der Waals surface area contributed by atoms with Crippen LogP contribution >= 0.6 is 0 Å². The summed E-state index contributed by atoms with van der Waals surface area (Å²) in [5.41, 5.74) is 1.03. The standard InChI is InChI=1S/C12H16N2O3/c15-12(16)10-5-9(10)8-6-13-14(7-8)11-3-1-2-4-17-11/h6-7,9-11H,1-5H2,(H,15,16). The maximum atomic E-state index is 10.8. The molecule has 0 radical (unpaired) electrons. The Morgan fingerprint density at radius 3 is 3.06 bits per heavy atom. The number of nitrogens with zero attached hydrogens (tertiary/aromatic N) is 2. The van der Waals surface area contributed by atoms with E-state index in [1.165, 1.54) is 6.42 Å². The molecule has 2 heterocycles. The lowest BCUT2D eigenvalue weighted by molar-refractivity contribution is -0.138. The Labute approximate surface area is 99.4 Å². The van der Waals surface area contributed by atoms with Gasteiger partial charge < -0.3 is 9.84 Å². The fourth-order valence-corrected chi connectivity index (χ4v) is 2.47. The van der Waals surface area contributed by atoms with E-state index in [4.69, 9.17) is 9.84 Å². The van der Waals surface area contributed by atoms with Gasteiger partial charge in [-0.2, -0.15) is 5.10 Å². The predicted octanol–water partition coefficient (Wildman–Crippen LogP) is 1.77. The number of carboxylic acids is 1. The molecule has 0 amide bonds. The Bertz CT molecular complexity index is 423. The van der Waals surface area contributed by atoms with Crippen LogP contribution in [0.15, 0.2) is 12.4 Å². The van der Waals surface area contributed by atoms with E-state index in [0.717, 1.165) is 31.4 Å². The zero-order valence-electron chi connectivity index (χ0n) is 9.58. The summed E-state index contributed by atoms with van der Waals surface area (Å²) < 4.78 is 7.47. The fraction of sp³-hybridized carbons (Fsp3) is 0.667. The quantitative estimate of drug-likeness (QED) is 0.868. The van der Waals surface area contributed by atoms with E-state index in [1.807, 2.05) is 10.9 Å². The number of carbonyl (C=O) groups is 1. The summed E-state index contributed by atoms with van der Waals surface area (Å²) in [5, 5.41) is 13.2. The molecule has 1 saturated carbocycles. The molecule has 0 aromatic carbocycles. The van der Waals surface area contributed by atoms with Crippen molar-refractivity contribution in [1.82, 2.24) is 9.78 Å². The molecule has 0 bridgehead atoms. The molecule has 3 atom stereocenters. The van der Waals surface area contributed by atoms with Crippen LogP contribution in [0, 0.1) is 5.92 Å². The SMILES string of the molecule is O=C(O)C1CC1c1cnn(C2CCCCO2)c1. The Hall–Kier alpha value is -1.36. The van der Waals surface area contributed by atoms with Crippen LogP contribution in [0.4, 0.5) is 0 Å². The molecule has 2 fully saturated rings. The Balaban J connectivity index is 1.68. The minimum atomic E-state index is -0.698. The molecule has 1 aliphatic carbocycles. The molecule has 0 spiro atoms. The van der Waals surface area contributed by atoms with E-state index in [1.54, 1.807) is 6.20 Å². The van der Waals surface area contributed by atoms with E-state index >= 15 is 0 Å². The maximum Gasteiger partial charge on any atom is 0.307 e. The first-order chi connectivity index (χ1) is 8.25. The van der Waals surface area contributed by atoms with E-state index in [-0.39, 0.29) is 18.1 Å². The first-order valence-corrected chi connectivity index (χ1v) is 6.14. The van der Waals surface area contributed by atoms with Crippen molar-refractivity contribution >= 4 is 5.97 Å². The monoisotopic (exact) mass is 236 g/mol. The largest absolute Gasteiger partial charge is 0.481 e. The second-order valence-electron chi connectivity index (χ2n) is 4.86. The van der Waals surface area contributed by atoms with Gasteiger partial charge in [-0.25, -0.2) is 4.68 Å². The van der Waals surface area contributed by atoms with Crippen molar-refractivity contribution in [2.24, 2.45) is 5.92 Å². The molecule has 1 aromatic rings. The fourth-order valence-electron chi connectivity index (χ4n) is 2.47. The van der Waals surface area contributed by atoms with Crippen molar-refractivity contribution in [3.8, 4) is 0 Å². The third-order valence-corrected chi connectivity index (χ3v) is 3.61. The van der Waals surface area contributed by atoms with Crippen molar-refractivity contribution in [1.29, 1.82) is 0 Å². The lowest BCUT2D eigenvalue weighted by Gasteiger charge is -2.22. The highest BCUT2D eigenvalue weighted by atomic mass is 16.5. The zero-order valence-corrected chi connectivity index (χ0v) is 9.58. The summed E-state index contributed by atoms with van der Waals surface area (Å²) in [7, 11) is 0. The van der Waals surface area contributed by atoms with E-state index in [9.17, 15) is 4.79 Å². The topological polar surface area (TPSA) is 64.3 Å². The summed E-state index contributed by atoms with van der Waals surface area (Å²) in [6.07, 6.45) is 7.80. The Morgan fingerprint density at radius 1 is 1.53 bits per heavy atom. The number of hydrogen-bond acceptors (Lipinski definition) is 3. The molecule has 1 saturated heterocycles. The van der Waals surface area contributed by atoms with Gasteiger partial charge in [-0.1, -0.05) is 0 Å². The number of hydrogen-bond donors (Lipinski definition) is 1. The van der Waals surface area contributed by atoms with Gasteiger partial charge in [-0.15, -0.1) is 0 Å². The molecule has 5 nitrogen and oxygen atoms in total. The van der Waals surface area contributed by atoms with Gasteiger partial charge in [0.25, 0.3) is 0 Å². The summed E-state index contributed by atoms with van der Waals surface area (Å²) in [5.74, 6) is -0.749. The Morgan fingerprint density at radius 2 is 2.41 bits per heavy atom. The minimum Gasteiger partial charge on any atom is -0.481 e. The molecule has 3 unspecified atom stereocenters. The van der Waals surface area contributed by atoms with Crippen LogP contribution in [0.2, 0.25) is 0 Å².